The molecule has 1 aromatic carbocycles. The zero-order valence-electron chi connectivity index (χ0n) is 15.9. The molecule has 0 aliphatic carbocycles. The Bertz CT molecular complexity index is 777. The molecule has 8 heteroatoms. The van der Waals surface area contributed by atoms with Crippen molar-refractivity contribution < 1.29 is 9.59 Å². The molecule has 0 aliphatic rings. The maximum Gasteiger partial charge on any atom is 0.319 e. The van der Waals surface area contributed by atoms with E-state index in [1.807, 2.05) is 40.9 Å². The Balaban J connectivity index is 1.97. The first kappa shape index (κ1) is 19.5. The van der Waals surface area contributed by atoms with Crippen LogP contribution >= 0.6 is 0 Å². The highest BCUT2D eigenvalue weighted by molar-refractivity contribution is 5.95. The Morgan fingerprint density at radius 2 is 1.88 bits per heavy atom. The molecule has 1 heterocycles. The molecule has 2 rings (SSSR count). The number of hydrogen-bond acceptors (Lipinski definition) is 4. The molecule has 4 N–H and O–H groups in total. The number of H-pyrrole nitrogens is 1. The van der Waals surface area contributed by atoms with E-state index < -0.39 is 0 Å². The van der Waals surface area contributed by atoms with E-state index in [-0.39, 0.29) is 11.9 Å². The molecule has 0 unspecified atom stereocenters. The van der Waals surface area contributed by atoms with Crippen molar-refractivity contribution in [3.05, 3.63) is 40.7 Å². The van der Waals surface area contributed by atoms with Crippen LogP contribution in [0.5, 0.6) is 0 Å². The molecule has 1 aromatic heterocycles. The van der Waals surface area contributed by atoms with Crippen molar-refractivity contribution in [1.82, 2.24) is 20.4 Å². The van der Waals surface area contributed by atoms with Crippen LogP contribution in [0.3, 0.4) is 0 Å². The first-order valence-electron chi connectivity index (χ1n) is 8.36. The highest BCUT2D eigenvalue weighted by Crippen LogP contribution is 2.20. The SMILES string of the molecule is Cc1ccc(NC(=O)NCc2c(C)n[nH]c2C)cc1NC(=O)CN(C)C. The summed E-state index contributed by atoms with van der Waals surface area (Å²) < 4.78 is 0. The molecule has 8 nitrogen and oxygen atoms in total. The maximum absolute atomic E-state index is 12.1. The minimum Gasteiger partial charge on any atom is -0.334 e. The molecule has 140 valence electrons. The number of hydrogen-bond donors (Lipinski definition) is 4. The van der Waals surface area contributed by atoms with Crippen LogP contribution in [-0.2, 0) is 11.3 Å². The van der Waals surface area contributed by atoms with Gasteiger partial charge < -0.3 is 20.9 Å². The van der Waals surface area contributed by atoms with Crippen LogP contribution in [0, 0.1) is 20.8 Å². The topological polar surface area (TPSA) is 102 Å². The number of aromatic amines is 1. The molecule has 0 bridgehead atoms. The van der Waals surface area contributed by atoms with E-state index in [2.05, 4.69) is 26.1 Å². The summed E-state index contributed by atoms with van der Waals surface area (Å²) in [6.07, 6.45) is 0. The standard InChI is InChI=1S/C18H26N6O2/c1-11-6-7-14(8-16(11)21-17(25)10-24(4)5)20-18(26)19-9-15-12(2)22-23-13(15)3/h6-8H,9-10H2,1-5H3,(H,21,25)(H,22,23)(H2,19,20,26). The molecule has 0 spiro atoms. The third-order valence-corrected chi connectivity index (χ3v) is 3.94. The highest BCUT2D eigenvalue weighted by atomic mass is 16.2. The number of rotatable bonds is 6. The largest absolute Gasteiger partial charge is 0.334 e. The number of carbonyl (C=O) groups is 2. The lowest BCUT2D eigenvalue weighted by atomic mass is 10.1. The second kappa shape index (κ2) is 8.48. The Labute approximate surface area is 153 Å². The number of likely N-dealkylation sites (N-methyl/N-ethyl adjacent to an activating group) is 1. The van der Waals surface area contributed by atoms with Crippen molar-refractivity contribution in [3.63, 3.8) is 0 Å². The maximum atomic E-state index is 12.1. The molecule has 0 atom stereocenters. The number of anilines is 2. The summed E-state index contributed by atoms with van der Waals surface area (Å²) in [5, 5.41) is 15.5. The minimum atomic E-state index is -0.320. The summed E-state index contributed by atoms with van der Waals surface area (Å²) in [6.45, 7) is 6.39. The first-order chi connectivity index (χ1) is 12.3. The fraction of sp³-hybridized carbons (Fsp3) is 0.389. The number of amides is 3. The smallest absolute Gasteiger partial charge is 0.319 e. The summed E-state index contributed by atoms with van der Waals surface area (Å²) in [6, 6.07) is 5.08. The Morgan fingerprint density at radius 3 is 2.50 bits per heavy atom. The van der Waals surface area contributed by atoms with Crippen LogP contribution in [0.15, 0.2) is 18.2 Å². The van der Waals surface area contributed by atoms with Gasteiger partial charge in [-0.25, -0.2) is 4.79 Å². The van der Waals surface area contributed by atoms with Crippen molar-refractivity contribution in [3.8, 4) is 0 Å². The summed E-state index contributed by atoms with van der Waals surface area (Å²) in [5.41, 5.74) is 4.98. The third-order valence-electron chi connectivity index (χ3n) is 3.94. The fourth-order valence-corrected chi connectivity index (χ4v) is 2.49. The number of carbonyl (C=O) groups excluding carboxylic acids is 2. The van der Waals surface area contributed by atoms with E-state index in [0.717, 1.165) is 22.5 Å². The van der Waals surface area contributed by atoms with Gasteiger partial charge in [0, 0.05) is 29.2 Å². The first-order valence-corrected chi connectivity index (χ1v) is 8.36. The van der Waals surface area contributed by atoms with Gasteiger partial charge in [0.15, 0.2) is 0 Å². The van der Waals surface area contributed by atoms with E-state index in [0.29, 0.717) is 24.5 Å². The summed E-state index contributed by atoms with van der Waals surface area (Å²) in [4.78, 5) is 25.9. The van der Waals surface area contributed by atoms with E-state index >= 15 is 0 Å². The van der Waals surface area contributed by atoms with Gasteiger partial charge in [-0.1, -0.05) is 6.07 Å². The molecule has 26 heavy (non-hydrogen) atoms. The summed E-state index contributed by atoms with van der Waals surface area (Å²) in [7, 11) is 3.66. The van der Waals surface area contributed by atoms with Gasteiger partial charge in [-0.15, -0.1) is 0 Å². The van der Waals surface area contributed by atoms with E-state index in [9.17, 15) is 9.59 Å². The van der Waals surface area contributed by atoms with Gasteiger partial charge in [0.1, 0.15) is 0 Å². The normalized spacial score (nSPS) is 10.7. The van der Waals surface area contributed by atoms with Gasteiger partial charge >= 0.3 is 6.03 Å². The summed E-state index contributed by atoms with van der Waals surface area (Å²) >= 11 is 0. The third kappa shape index (κ3) is 5.32. The number of aromatic nitrogens is 2. The van der Waals surface area contributed by atoms with Crippen molar-refractivity contribution in [2.45, 2.75) is 27.3 Å². The number of nitrogens with zero attached hydrogens (tertiary/aromatic N) is 2. The average molecular weight is 358 g/mol. The van der Waals surface area contributed by atoms with Gasteiger partial charge in [0.2, 0.25) is 5.91 Å². The van der Waals surface area contributed by atoms with Gasteiger partial charge in [-0.2, -0.15) is 5.10 Å². The van der Waals surface area contributed by atoms with Crippen LogP contribution in [0.4, 0.5) is 16.2 Å². The molecule has 0 saturated carbocycles. The zero-order valence-corrected chi connectivity index (χ0v) is 15.9. The van der Waals surface area contributed by atoms with Gasteiger partial charge in [0.25, 0.3) is 0 Å². The zero-order chi connectivity index (χ0) is 19.3. The number of nitrogens with one attached hydrogen (secondary N) is 4. The number of benzene rings is 1. The quantitative estimate of drug-likeness (QED) is 0.635. The average Bonchev–Trinajstić information content (AvgIpc) is 2.86. The van der Waals surface area contributed by atoms with Crippen LogP contribution in [0.1, 0.15) is 22.5 Å². The van der Waals surface area contributed by atoms with Crippen LogP contribution in [0.2, 0.25) is 0 Å². The second-order valence-electron chi connectivity index (χ2n) is 6.54. The number of urea groups is 1. The predicted molar refractivity (Wildman–Crippen MR) is 102 cm³/mol. The van der Waals surface area contributed by atoms with Crippen LogP contribution in [0.25, 0.3) is 0 Å². The van der Waals surface area contributed by atoms with Crippen LogP contribution in [-0.4, -0.2) is 47.7 Å². The molecule has 2 aromatic rings. The van der Waals surface area contributed by atoms with Crippen molar-refractivity contribution >= 4 is 23.3 Å². The van der Waals surface area contributed by atoms with Crippen LogP contribution < -0.4 is 16.0 Å². The molecule has 0 saturated heterocycles. The lowest BCUT2D eigenvalue weighted by molar-refractivity contribution is -0.116. The van der Waals surface area contributed by atoms with Gasteiger partial charge in [-0.3, -0.25) is 9.89 Å². The Morgan fingerprint density at radius 1 is 1.15 bits per heavy atom. The van der Waals surface area contributed by atoms with Crippen molar-refractivity contribution in [2.24, 2.45) is 0 Å². The van der Waals surface area contributed by atoms with Crippen molar-refractivity contribution in [1.29, 1.82) is 0 Å². The van der Waals surface area contributed by atoms with Crippen molar-refractivity contribution in [2.75, 3.05) is 31.3 Å². The molecule has 0 fully saturated rings. The Kier molecular flexibility index (Phi) is 6.35. The van der Waals surface area contributed by atoms with E-state index in [4.69, 9.17) is 0 Å². The van der Waals surface area contributed by atoms with Gasteiger partial charge in [-0.05, 0) is 52.6 Å². The molecule has 0 radical (unpaired) electrons. The van der Waals surface area contributed by atoms with Gasteiger partial charge in [0.05, 0.1) is 12.2 Å². The lowest BCUT2D eigenvalue weighted by Crippen LogP contribution is -2.29. The highest BCUT2D eigenvalue weighted by Gasteiger charge is 2.10. The molecule has 3 amide bonds. The molecular weight excluding hydrogens is 332 g/mol. The van der Waals surface area contributed by atoms with E-state index in [1.54, 1.807) is 17.0 Å². The molecule has 0 aliphatic heterocycles. The summed E-state index contributed by atoms with van der Waals surface area (Å²) in [5.74, 6) is -0.106. The Hall–Kier alpha value is -2.87. The monoisotopic (exact) mass is 358 g/mol. The number of aryl methyl sites for hydroxylation is 3. The predicted octanol–water partition coefficient (Wildman–Crippen LogP) is 2.16. The fourth-order valence-electron chi connectivity index (χ4n) is 2.49. The second-order valence-corrected chi connectivity index (χ2v) is 6.54. The lowest BCUT2D eigenvalue weighted by Gasteiger charge is -2.14. The minimum absolute atomic E-state index is 0.106. The molecular formula is C18H26N6O2. The van der Waals surface area contributed by atoms with E-state index in [1.165, 1.54) is 0 Å².